The summed E-state index contributed by atoms with van der Waals surface area (Å²) < 4.78 is 0. The van der Waals surface area contributed by atoms with Crippen LogP contribution in [0.4, 0.5) is 0 Å². The van der Waals surface area contributed by atoms with E-state index < -0.39 is 0 Å². The molecule has 1 aliphatic carbocycles. The van der Waals surface area contributed by atoms with Crippen molar-refractivity contribution in [2.24, 2.45) is 0 Å². The Hall–Kier alpha value is -0.590. The van der Waals surface area contributed by atoms with Crippen LogP contribution in [0.2, 0.25) is 0 Å². The molecule has 3 heteroatoms. The highest BCUT2D eigenvalue weighted by atomic mass is 15.2. The van der Waals surface area contributed by atoms with Gasteiger partial charge in [-0.1, -0.05) is 0 Å². The van der Waals surface area contributed by atoms with Gasteiger partial charge in [-0.05, 0) is 47.1 Å². The lowest BCUT2D eigenvalue weighted by Gasteiger charge is -2.28. The summed E-state index contributed by atoms with van der Waals surface area (Å²) in [5.74, 6) is 0. The molecule has 1 unspecified atom stereocenters. The number of nitrogens with zero attached hydrogens (tertiary/aromatic N) is 2. The zero-order chi connectivity index (χ0) is 11.5. The van der Waals surface area contributed by atoms with Crippen LogP contribution >= 0.6 is 0 Å². The van der Waals surface area contributed by atoms with E-state index in [2.05, 4.69) is 37.2 Å². The predicted molar refractivity (Wildman–Crippen MR) is 62.6 cm³/mol. The van der Waals surface area contributed by atoms with E-state index in [0.29, 0.717) is 6.04 Å². The number of hydrogen-bond donors (Lipinski definition) is 1. The fourth-order valence-corrected chi connectivity index (χ4v) is 1.90. The fraction of sp³-hybridized carbons (Fsp3) is 0.917. The SMILES string of the molecule is CC(C)NC(C)(C#N)CCN(C)C1CC1. The Morgan fingerprint density at radius 1 is 1.53 bits per heavy atom. The van der Waals surface area contributed by atoms with Crippen molar-refractivity contribution in [1.29, 1.82) is 5.26 Å². The van der Waals surface area contributed by atoms with Crippen LogP contribution in [-0.4, -0.2) is 36.1 Å². The predicted octanol–water partition coefficient (Wildman–Crippen LogP) is 1.75. The Bertz CT molecular complexity index is 240. The molecule has 1 N–H and O–H groups in total. The maximum atomic E-state index is 9.17. The van der Waals surface area contributed by atoms with Crippen LogP contribution in [0.5, 0.6) is 0 Å². The van der Waals surface area contributed by atoms with Crippen molar-refractivity contribution >= 4 is 0 Å². The molecule has 0 aromatic heterocycles. The van der Waals surface area contributed by atoms with Gasteiger partial charge in [0.2, 0.25) is 0 Å². The van der Waals surface area contributed by atoms with Crippen LogP contribution in [0.3, 0.4) is 0 Å². The van der Waals surface area contributed by atoms with Gasteiger partial charge < -0.3 is 4.90 Å². The minimum atomic E-state index is -0.378. The number of hydrogen-bond acceptors (Lipinski definition) is 3. The van der Waals surface area contributed by atoms with E-state index in [-0.39, 0.29) is 5.54 Å². The molecule has 1 rings (SSSR count). The molecule has 0 bridgehead atoms. The van der Waals surface area contributed by atoms with Gasteiger partial charge in [0.1, 0.15) is 5.54 Å². The molecule has 0 spiro atoms. The fourth-order valence-electron chi connectivity index (χ4n) is 1.90. The number of rotatable bonds is 6. The molecule has 0 saturated heterocycles. The minimum Gasteiger partial charge on any atom is -0.303 e. The molecule has 0 amide bonds. The average molecular weight is 209 g/mol. The third-order valence-corrected chi connectivity index (χ3v) is 2.99. The average Bonchev–Trinajstić information content (AvgIpc) is 2.96. The Morgan fingerprint density at radius 3 is 2.53 bits per heavy atom. The van der Waals surface area contributed by atoms with E-state index in [1.54, 1.807) is 0 Å². The molecule has 0 aromatic rings. The van der Waals surface area contributed by atoms with Crippen LogP contribution in [0.1, 0.15) is 40.0 Å². The standard InChI is InChI=1S/C12H23N3/c1-10(2)14-12(3,9-13)7-8-15(4)11-5-6-11/h10-11,14H,5-8H2,1-4H3. The van der Waals surface area contributed by atoms with Crippen molar-refractivity contribution in [2.45, 2.75) is 57.7 Å². The second kappa shape index (κ2) is 4.96. The Labute approximate surface area is 93.5 Å². The molecule has 1 aliphatic rings. The van der Waals surface area contributed by atoms with Crippen LogP contribution < -0.4 is 5.32 Å². The van der Waals surface area contributed by atoms with Crippen LogP contribution in [0, 0.1) is 11.3 Å². The normalized spacial score (nSPS) is 20.3. The van der Waals surface area contributed by atoms with E-state index in [9.17, 15) is 5.26 Å². The van der Waals surface area contributed by atoms with Gasteiger partial charge in [0.15, 0.2) is 0 Å². The highest BCUT2D eigenvalue weighted by Gasteiger charge is 2.29. The van der Waals surface area contributed by atoms with Gasteiger partial charge in [-0.25, -0.2) is 0 Å². The molecule has 3 nitrogen and oxygen atoms in total. The molecule has 1 atom stereocenters. The topological polar surface area (TPSA) is 39.1 Å². The Kier molecular flexibility index (Phi) is 4.12. The first kappa shape index (κ1) is 12.5. The van der Waals surface area contributed by atoms with Crippen LogP contribution in [-0.2, 0) is 0 Å². The first-order chi connectivity index (χ1) is 6.97. The maximum Gasteiger partial charge on any atom is 0.105 e. The van der Waals surface area contributed by atoms with Crippen molar-refractivity contribution in [3.63, 3.8) is 0 Å². The van der Waals surface area contributed by atoms with E-state index in [4.69, 9.17) is 0 Å². The molecule has 86 valence electrons. The van der Waals surface area contributed by atoms with Crippen molar-refractivity contribution < 1.29 is 0 Å². The van der Waals surface area contributed by atoms with Gasteiger partial charge in [-0.15, -0.1) is 0 Å². The quantitative estimate of drug-likeness (QED) is 0.724. The molecule has 15 heavy (non-hydrogen) atoms. The van der Waals surface area contributed by atoms with E-state index in [1.165, 1.54) is 12.8 Å². The van der Waals surface area contributed by atoms with Gasteiger partial charge >= 0.3 is 0 Å². The van der Waals surface area contributed by atoms with E-state index >= 15 is 0 Å². The zero-order valence-electron chi connectivity index (χ0n) is 10.4. The summed E-state index contributed by atoms with van der Waals surface area (Å²) in [4.78, 5) is 2.37. The van der Waals surface area contributed by atoms with Crippen molar-refractivity contribution in [1.82, 2.24) is 10.2 Å². The van der Waals surface area contributed by atoms with Crippen molar-refractivity contribution in [3.05, 3.63) is 0 Å². The molecular formula is C12H23N3. The van der Waals surface area contributed by atoms with Gasteiger partial charge in [0.05, 0.1) is 6.07 Å². The van der Waals surface area contributed by atoms with Crippen LogP contribution in [0.25, 0.3) is 0 Å². The smallest absolute Gasteiger partial charge is 0.105 e. The monoisotopic (exact) mass is 209 g/mol. The van der Waals surface area contributed by atoms with Crippen molar-refractivity contribution in [2.75, 3.05) is 13.6 Å². The molecular weight excluding hydrogens is 186 g/mol. The molecule has 0 heterocycles. The highest BCUT2D eigenvalue weighted by Crippen LogP contribution is 2.26. The second-order valence-electron chi connectivity index (χ2n) is 5.20. The Balaban J connectivity index is 2.34. The first-order valence-corrected chi connectivity index (χ1v) is 5.86. The summed E-state index contributed by atoms with van der Waals surface area (Å²) in [6.07, 6.45) is 3.56. The number of nitrogens with one attached hydrogen (secondary N) is 1. The summed E-state index contributed by atoms with van der Waals surface area (Å²) in [7, 11) is 2.16. The van der Waals surface area contributed by atoms with Crippen LogP contribution in [0.15, 0.2) is 0 Å². The third kappa shape index (κ3) is 4.19. The molecule has 0 radical (unpaired) electrons. The lowest BCUT2D eigenvalue weighted by molar-refractivity contribution is 0.273. The molecule has 1 fully saturated rings. The lowest BCUT2D eigenvalue weighted by atomic mass is 9.98. The van der Waals surface area contributed by atoms with Gasteiger partial charge in [-0.3, -0.25) is 5.32 Å². The Morgan fingerprint density at radius 2 is 2.13 bits per heavy atom. The second-order valence-corrected chi connectivity index (χ2v) is 5.20. The summed E-state index contributed by atoms with van der Waals surface area (Å²) in [6.45, 7) is 7.17. The summed E-state index contributed by atoms with van der Waals surface area (Å²) in [5, 5.41) is 12.5. The minimum absolute atomic E-state index is 0.362. The summed E-state index contributed by atoms with van der Waals surface area (Å²) >= 11 is 0. The van der Waals surface area contributed by atoms with Gasteiger partial charge in [-0.2, -0.15) is 5.26 Å². The lowest BCUT2D eigenvalue weighted by Crippen LogP contribution is -2.47. The molecule has 0 aromatic carbocycles. The summed E-state index contributed by atoms with van der Waals surface area (Å²) in [5.41, 5.74) is -0.378. The van der Waals surface area contributed by atoms with Crippen molar-refractivity contribution in [3.8, 4) is 6.07 Å². The molecule has 1 saturated carbocycles. The maximum absolute atomic E-state index is 9.17. The molecule has 0 aliphatic heterocycles. The van der Waals surface area contributed by atoms with Gasteiger partial charge in [0.25, 0.3) is 0 Å². The third-order valence-electron chi connectivity index (χ3n) is 2.99. The first-order valence-electron chi connectivity index (χ1n) is 5.86. The largest absolute Gasteiger partial charge is 0.303 e. The summed E-state index contributed by atoms with van der Waals surface area (Å²) in [6, 6.07) is 3.53. The van der Waals surface area contributed by atoms with Gasteiger partial charge in [0, 0.05) is 18.6 Å². The van der Waals surface area contributed by atoms with E-state index in [0.717, 1.165) is 19.0 Å². The van der Waals surface area contributed by atoms with E-state index in [1.807, 2.05) is 6.92 Å². The number of nitriles is 1. The zero-order valence-corrected chi connectivity index (χ0v) is 10.4. The highest BCUT2D eigenvalue weighted by molar-refractivity contribution is 5.05.